The number of rotatable bonds is 9. The third-order valence-electron chi connectivity index (χ3n) is 7.87. The van der Waals surface area contributed by atoms with E-state index in [1.54, 1.807) is 0 Å². The molecule has 1 fully saturated rings. The van der Waals surface area contributed by atoms with E-state index in [0.29, 0.717) is 12.6 Å². The highest BCUT2D eigenvalue weighted by Crippen LogP contribution is 2.38. The molecular weight excluding hydrogens is 484 g/mol. The van der Waals surface area contributed by atoms with Crippen LogP contribution in [0.5, 0.6) is 6.01 Å². The molecule has 39 heavy (non-hydrogen) atoms. The van der Waals surface area contributed by atoms with Gasteiger partial charge in [0.15, 0.2) is 5.78 Å². The van der Waals surface area contributed by atoms with Crippen molar-refractivity contribution in [3.8, 4) is 17.1 Å². The van der Waals surface area contributed by atoms with Crippen LogP contribution in [-0.2, 0) is 12.8 Å². The molecule has 0 radical (unpaired) electrons. The van der Waals surface area contributed by atoms with Crippen molar-refractivity contribution < 1.29 is 9.53 Å². The van der Waals surface area contributed by atoms with Gasteiger partial charge in [-0.3, -0.25) is 4.79 Å². The van der Waals surface area contributed by atoms with Gasteiger partial charge in [-0.2, -0.15) is 15.0 Å². The maximum atomic E-state index is 12.8. The van der Waals surface area contributed by atoms with Gasteiger partial charge in [0.05, 0.1) is 6.61 Å². The molecule has 0 N–H and O–H groups in total. The van der Waals surface area contributed by atoms with Gasteiger partial charge in [0.1, 0.15) is 5.82 Å². The van der Waals surface area contributed by atoms with Crippen LogP contribution in [0.4, 0.5) is 5.95 Å². The summed E-state index contributed by atoms with van der Waals surface area (Å²) in [6.45, 7) is 4.70. The number of ether oxygens (including phenoxy) is 1. The summed E-state index contributed by atoms with van der Waals surface area (Å²) in [5.74, 6) is 1.91. The number of piperidine rings is 1. The van der Waals surface area contributed by atoms with E-state index < -0.39 is 0 Å². The lowest BCUT2D eigenvalue weighted by Gasteiger charge is -2.27. The second-order valence-corrected chi connectivity index (χ2v) is 10.6. The Morgan fingerprint density at radius 1 is 0.795 bits per heavy atom. The van der Waals surface area contributed by atoms with Crippen molar-refractivity contribution in [1.82, 2.24) is 15.0 Å². The first-order valence-electron chi connectivity index (χ1n) is 14.1. The average Bonchev–Trinajstić information content (AvgIpc) is 3.28. The fourth-order valence-corrected chi connectivity index (χ4v) is 5.57. The minimum atomic E-state index is 0.120. The van der Waals surface area contributed by atoms with E-state index in [1.165, 1.54) is 17.5 Å². The molecule has 6 heteroatoms. The van der Waals surface area contributed by atoms with Crippen molar-refractivity contribution in [2.24, 2.45) is 0 Å². The van der Waals surface area contributed by atoms with E-state index in [-0.39, 0.29) is 11.7 Å². The highest BCUT2D eigenvalue weighted by Gasteiger charge is 2.27. The Balaban J connectivity index is 1.17. The number of carbonyl (C=O) groups excluding carboxylic acids is 1. The number of anilines is 1. The molecule has 0 saturated carbocycles. The van der Waals surface area contributed by atoms with E-state index in [1.807, 2.05) is 48.5 Å². The molecule has 0 amide bonds. The molecule has 1 unspecified atom stereocenters. The Kier molecular flexibility index (Phi) is 7.35. The Morgan fingerprint density at radius 2 is 1.54 bits per heavy atom. The van der Waals surface area contributed by atoms with Crippen LogP contribution < -0.4 is 9.64 Å². The normalized spacial score (nSPS) is 15.1. The summed E-state index contributed by atoms with van der Waals surface area (Å²) in [4.78, 5) is 29.3. The minimum Gasteiger partial charge on any atom is -0.463 e. The van der Waals surface area contributed by atoms with E-state index in [0.717, 1.165) is 79.2 Å². The van der Waals surface area contributed by atoms with Crippen molar-refractivity contribution in [3.63, 3.8) is 0 Å². The number of carbonyl (C=O) groups is 1. The van der Waals surface area contributed by atoms with E-state index in [2.05, 4.69) is 36.1 Å². The number of aromatic nitrogens is 3. The molecular formula is C33H34N4O2. The third kappa shape index (κ3) is 5.56. The van der Waals surface area contributed by atoms with Crippen molar-refractivity contribution in [3.05, 3.63) is 101 Å². The summed E-state index contributed by atoms with van der Waals surface area (Å²) >= 11 is 0. The van der Waals surface area contributed by atoms with Crippen LogP contribution in [0.25, 0.3) is 11.1 Å². The van der Waals surface area contributed by atoms with E-state index in [4.69, 9.17) is 19.7 Å². The number of nitrogens with zero attached hydrogens (tertiary/aromatic N) is 4. The molecule has 4 aromatic rings. The molecule has 2 aliphatic rings. The summed E-state index contributed by atoms with van der Waals surface area (Å²) in [5.41, 5.74) is 6.13. The van der Waals surface area contributed by atoms with E-state index >= 15 is 0 Å². The Morgan fingerprint density at radius 3 is 2.36 bits per heavy atom. The van der Waals surface area contributed by atoms with Gasteiger partial charge in [0.25, 0.3) is 0 Å². The standard InChI is InChI=1S/C33H34N4O2/c1-23(25-15-16-28-29(22-25)26-12-6-7-13-27(26)31(28)38)14-17-30-34-32(37-19-8-3-9-20-37)36-33(35-30)39-21-18-24-10-4-2-5-11-24/h2,4-7,10-13,15-16,22-23H,3,8-9,14,17-21H2,1H3. The molecule has 1 aliphatic heterocycles. The van der Waals surface area contributed by atoms with Crippen molar-refractivity contribution in [1.29, 1.82) is 0 Å². The fraction of sp³-hybridized carbons (Fsp3) is 0.333. The Bertz CT molecular complexity index is 1460. The first-order valence-corrected chi connectivity index (χ1v) is 14.1. The monoisotopic (exact) mass is 518 g/mol. The lowest BCUT2D eigenvalue weighted by molar-refractivity contribution is 0.104. The number of benzene rings is 3. The second-order valence-electron chi connectivity index (χ2n) is 10.6. The Hall–Kier alpha value is -4.06. The molecule has 1 aromatic heterocycles. The van der Waals surface area contributed by atoms with Gasteiger partial charge in [0, 0.05) is 37.1 Å². The number of hydrogen-bond donors (Lipinski definition) is 0. The van der Waals surface area contributed by atoms with E-state index in [9.17, 15) is 4.79 Å². The number of ketones is 1. The number of fused-ring (bicyclic) bond motifs is 3. The lowest BCUT2D eigenvalue weighted by Crippen LogP contribution is -2.31. The maximum absolute atomic E-state index is 12.8. The van der Waals surface area contributed by atoms with Gasteiger partial charge in [-0.15, -0.1) is 0 Å². The predicted molar refractivity (Wildman–Crippen MR) is 154 cm³/mol. The number of hydrogen-bond acceptors (Lipinski definition) is 6. The smallest absolute Gasteiger partial charge is 0.321 e. The summed E-state index contributed by atoms with van der Waals surface area (Å²) in [6.07, 6.45) is 6.00. The summed E-state index contributed by atoms with van der Waals surface area (Å²) < 4.78 is 6.05. The second kappa shape index (κ2) is 11.4. The van der Waals surface area contributed by atoms with Crippen LogP contribution in [0.2, 0.25) is 0 Å². The van der Waals surface area contributed by atoms with Crippen molar-refractivity contribution in [2.45, 2.75) is 51.4 Å². The van der Waals surface area contributed by atoms with Gasteiger partial charge in [-0.05, 0) is 53.9 Å². The molecule has 1 saturated heterocycles. The van der Waals surface area contributed by atoms with Crippen LogP contribution >= 0.6 is 0 Å². The molecule has 1 atom stereocenters. The predicted octanol–water partition coefficient (Wildman–Crippen LogP) is 6.43. The highest BCUT2D eigenvalue weighted by molar-refractivity contribution is 6.21. The van der Waals surface area contributed by atoms with Gasteiger partial charge in [-0.25, -0.2) is 0 Å². The molecule has 198 valence electrons. The summed E-state index contributed by atoms with van der Waals surface area (Å²) in [7, 11) is 0. The van der Waals surface area contributed by atoms with Crippen LogP contribution in [0.1, 0.15) is 71.4 Å². The van der Waals surface area contributed by atoms with Gasteiger partial charge in [0.2, 0.25) is 5.95 Å². The zero-order chi connectivity index (χ0) is 26.6. The topological polar surface area (TPSA) is 68.2 Å². The summed E-state index contributed by atoms with van der Waals surface area (Å²) in [6, 6.07) is 24.9. The van der Waals surface area contributed by atoms with Crippen LogP contribution in [0, 0.1) is 0 Å². The van der Waals surface area contributed by atoms with Crippen LogP contribution in [0.3, 0.4) is 0 Å². The average molecular weight is 519 g/mol. The minimum absolute atomic E-state index is 0.120. The zero-order valence-electron chi connectivity index (χ0n) is 22.5. The molecule has 3 aromatic carbocycles. The Labute approximate surface area is 230 Å². The molecule has 6 rings (SSSR count). The van der Waals surface area contributed by atoms with Gasteiger partial charge >= 0.3 is 6.01 Å². The molecule has 0 spiro atoms. The largest absolute Gasteiger partial charge is 0.463 e. The fourth-order valence-electron chi connectivity index (χ4n) is 5.57. The first-order chi connectivity index (χ1) is 19.2. The SMILES string of the molecule is CC(CCc1nc(OCCc2ccccc2)nc(N2CCCCC2)n1)c1ccc2c(c1)-c1ccccc1C2=O. The summed E-state index contributed by atoms with van der Waals surface area (Å²) in [5, 5.41) is 0. The van der Waals surface area contributed by atoms with Gasteiger partial charge < -0.3 is 9.64 Å². The molecule has 6 nitrogen and oxygen atoms in total. The maximum Gasteiger partial charge on any atom is 0.321 e. The lowest BCUT2D eigenvalue weighted by atomic mass is 9.92. The van der Waals surface area contributed by atoms with Gasteiger partial charge in [-0.1, -0.05) is 79.7 Å². The molecule has 2 heterocycles. The van der Waals surface area contributed by atoms with Crippen molar-refractivity contribution >= 4 is 11.7 Å². The quantitative estimate of drug-likeness (QED) is 0.224. The molecule has 0 bridgehead atoms. The first kappa shape index (κ1) is 25.2. The van der Waals surface area contributed by atoms with Crippen LogP contribution in [0.15, 0.2) is 72.8 Å². The number of aryl methyl sites for hydroxylation is 1. The third-order valence-corrected chi connectivity index (χ3v) is 7.87. The highest BCUT2D eigenvalue weighted by atomic mass is 16.5. The van der Waals surface area contributed by atoms with Crippen molar-refractivity contribution in [2.75, 3.05) is 24.6 Å². The van der Waals surface area contributed by atoms with Crippen LogP contribution in [-0.4, -0.2) is 40.4 Å². The zero-order valence-corrected chi connectivity index (χ0v) is 22.5. The molecule has 1 aliphatic carbocycles.